The SMILES string of the molecule is COc1ccc(CNc2nnc(N3CCC(CO)C3)c3ccc(C#N)cc23)cc1Cl. The molecule has 3 aromatic rings. The van der Waals surface area contributed by atoms with Crippen LogP contribution in [0.1, 0.15) is 17.5 Å². The molecule has 4 rings (SSSR count). The summed E-state index contributed by atoms with van der Waals surface area (Å²) in [5, 5.41) is 33.3. The molecule has 0 bridgehead atoms. The van der Waals surface area contributed by atoms with E-state index in [-0.39, 0.29) is 12.5 Å². The summed E-state index contributed by atoms with van der Waals surface area (Å²) in [6, 6.07) is 13.3. The third kappa shape index (κ3) is 3.97. The maximum atomic E-state index is 9.46. The maximum absolute atomic E-state index is 9.46. The smallest absolute Gasteiger partial charge is 0.159 e. The van der Waals surface area contributed by atoms with E-state index in [9.17, 15) is 10.4 Å². The Morgan fingerprint density at radius 3 is 2.83 bits per heavy atom. The number of fused-ring (bicyclic) bond motifs is 1. The van der Waals surface area contributed by atoms with Gasteiger partial charge in [-0.3, -0.25) is 0 Å². The predicted molar refractivity (Wildman–Crippen MR) is 117 cm³/mol. The lowest BCUT2D eigenvalue weighted by molar-refractivity contribution is 0.238. The number of halogens is 1. The minimum Gasteiger partial charge on any atom is -0.495 e. The zero-order valence-corrected chi connectivity index (χ0v) is 17.4. The van der Waals surface area contributed by atoms with Crippen LogP contribution in [-0.4, -0.2) is 42.1 Å². The van der Waals surface area contributed by atoms with Gasteiger partial charge in [-0.15, -0.1) is 10.2 Å². The molecule has 0 aliphatic carbocycles. The van der Waals surface area contributed by atoms with Crippen LogP contribution < -0.4 is 15.0 Å². The third-order valence-corrected chi connectivity index (χ3v) is 5.70. The number of rotatable bonds is 6. The number of methoxy groups -OCH3 is 1. The third-order valence-electron chi connectivity index (χ3n) is 5.41. The molecule has 1 saturated heterocycles. The molecular formula is C22H22ClN5O2. The van der Waals surface area contributed by atoms with Crippen molar-refractivity contribution in [3.63, 3.8) is 0 Å². The first-order valence-corrected chi connectivity index (χ1v) is 10.1. The summed E-state index contributed by atoms with van der Waals surface area (Å²) in [5.41, 5.74) is 1.54. The van der Waals surface area contributed by atoms with Crippen molar-refractivity contribution < 1.29 is 9.84 Å². The lowest BCUT2D eigenvalue weighted by Crippen LogP contribution is -2.22. The second-order valence-electron chi connectivity index (χ2n) is 7.35. The van der Waals surface area contributed by atoms with Gasteiger partial charge in [0.25, 0.3) is 0 Å². The zero-order chi connectivity index (χ0) is 21.1. The molecule has 0 spiro atoms. The number of nitriles is 1. The largest absolute Gasteiger partial charge is 0.495 e. The Hall–Kier alpha value is -3.08. The monoisotopic (exact) mass is 423 g/mol. The number of anilines is 2. The van der Waals surface area contributed by atoms with Gasteiger partial charge in [0.05, 0.1) is 23.8 Å². The zero-order valence-electron chi connectivity index (χ0n) is 16.6. The second-order valence-corrected chi connectivity index (χ2v) is 7.76. The first kappa shape index (κ1) is 20.2. The van der Waals surface area contributed by atoms with Crippen LogP contribution in [0.4, 0.5) is 11.6 Å². The number of benzene rings is 2. The van der Waals surface area contributed by atoms with Gasteiger partial charge in [-0.25, -0.2) is 0 Å². The van der Waals surface area contributed by atoms with E-state index in [0.717, 1.165) is 41.7 Å². The van der Waals surface area contributed by atoms with Crippen LogP contribution in [0.15, 0.2) is 36.4 Å². The molecule has 2 aromatic carbocycles. The van der Waals surface area contributed by atoms with Crippen molar-refractivity contribution in [2.75, 3.05) is 37.0 Å². The highest BCUT2D eigenvalue weighted by Crippen LogP contribution is 2.33. The Morgan fingerprint density at radius 1 is 1.27 bits per heavy atom. The summed E-state index contributed by atoms with van der Waals surface area (Å²) >= 11 is 6.22. The summed E-state index contributed by atoms with van der Waals surface area (Å²) in [5.74, 6) is 2.26. The molecule has 1 aliphatic rings. The van der Waals surface area contributed by atoms with Crippen LogP contribution in [0.3, 0.4) is 0 Å². The highest BCUT2D eigenvalue weighted by atomic mass is 35.5. The number of nitrogens with one attached hydrogen (secondary N) is 1. The molecule has 1 fully saturated rings. The number of aliphatic hydroxyl groups excluding tert-OH is 1. The maximum Gasteiger partial charge on any atom is 0.159 e. The molecule has 1 atom stereocenters. The van der Waals surface area contributed by atoms with Crippen LogP contribution >= 0.6 is 11.6 Å². The van der Waals surface area contributed by atoms with Gasteiger partial charge >= 0.3 is 0 Å². The Balaban J connectivity index is 1.65. The van der Waals surface area contributed by atoms with Crippen LogP contribution in [0.2, 0.25) is 5.02 Å². The summed E-state index contributed by atoms with van der Waals surface area (Å²) in [6.45, 7) is 2.24. The van der Waals surface area contributed by atoms with Crippen LogP contribution in [0.5, 0.6) is 5.75 Å². The van der Waals surface area contributed by atoms with Gasteiger partial charge in [-0.05, 0) is 42.3 Å². The van der Waals surface area contributed by atoms with E-state index in [1.165, 1.54) is 0 Å². The highest BCUT2D eigenvalue weighted by molar-refractivity contribution is 6.32. The fourth-order valence-corrected chi connectivity index (χ4v) is 4.03. The summed E-state index contributed by atoms with van der Waals surface area (Å²) in [6.07, 6.45) is 0.925. The molecule has 0 radical (unpaired) electrons. The highest BCUT2D eigenvalue weighted by Gasteiger charge is 2.25. The topological polar surface area (TPSA) is 94.3 Å². The van der Waals surface area contributed by atoms with Gasteiger partial charge in [0.1, 0.15) is 5.75 Å². The van der Waals surface area contributed by atoms with Crippen LogP contribution in [0.25, 0.3) is 10.8 Å². The molecule has 154 valence electrons. The number of hydrogen-bond acceptors (Lipinski definition) is 7. The number of ether oxygens (including phenoxy) is 1. The van der Waals surface area contributed by atoms with Crippen molar-refractivity contribution in [1.82, 2.24) is 10.2 Å². The summed E-state index contributed by atoms with van der Waals surface area (Å²) < 4.78 is 5.20. The molecule has 30 heavy (non-hydrogen) atoms. The van der Waals surface area contributed by atoms with Crippen LogP contribution in [-0.2, 0) is 6.54 Å². The van der Waals surface area contributed by atoms with E-state index in [1.54, 1.807) is 13.2 Å². The number of aliphatic hydroxyl groups is 1. The first-order valence-electron chi connectivity index (χ1n) is 9.75. The van der Waals surface area contributed by atoms with Gasteiger partial charge < -0.3 is 20.1 Å². The van der Waals surface area contributed by atoms with Crippen molar-refractivity contribution in [3.05, 3.63) is 52.5 Å². The predicted octanol–water partition coefficient (Wildman–Crippen LogP) is 3.59. The molecule has 7 nitrogen and oxygen atoms in total. The van der Waals surface area contributed by atoms with E-state index in [2.05, 4.69) is 26.5 Å². The van der Waals surface area contributed by atoms with Crippen molar-refractivity contribution >= 4 is 34.0 Å². The second kappa shape index (κ2) is 8.74. The fourth-order valence-electron chi connectivity index (χ4n) is 3.75. The minimum atomic E-state index is 0.171. The molecule has 2 heterocycles. The molecule has 1 unspecified atom stereocenters. The van der Waals surface area contributed by atoms with Gasteiger partial charge in [-0.1, -0.05) is 17.7 Å². The minimum absolute atomic E-state index is 0.171. The molecular weight excluding hydrogens is 402 g/mol. The van der Waals surface area contributed by atoms with Gasteiger partial charge in [0, 0.05) is 42.9 Å². The Labute approximate surface area is 179 Å². The molecule has 2 N–H and O–H groups in total. The van der Waals surface area contributed by atoms with Gasteiger partial charge in [0.2, 0.25) is 0 Å². The quantitative estimate of drug-likeness (QED) is 0.625. The number of hydrogen-bond donors (Lipinski definition) is 2. The molecule has 1 aromatic heterocycles. The van der Waals surface area contributed by atoms with E-state index in [0.29, 0.717) is 28.7 Å². The molecule has 8 heteroatoms. The standard InChI is InChI=1S/C22H22ClN5O2/c1-30-20-5-3-15(9-19(20)23)11-25-21-18-8-14(10-24)2-4-17(18)22(27-26-21)28-7-6-16(12-28)13-29/h2-5,8-9,16,29H,6-7,11-13H2,1H3,(H,25,26). The molecule has 1 aliphatic heterocycles. The van der Waals surface area contributed by atoms with Crippen LogP contribution in [0, 0.1) is 17.2 Å². The molecule has 0 amide bonds. The summed E-state index contributed by atoms with van der Waals surface area (Å²) in [4.78, 5) is 2.15. The Kier molecular flexibility index (Phi) is 5.88. The van der Waals surface area contributed by atoms with Crippen molar-refractivity contribution in [1.29, 1.82) is 5.26 Å². The fraction of sp³-hybridized carbons (Fsp3) is 0.318. The van der Waals surface area contributed by atoms with Crippen molar-refractivity contribution in [2.45, 2.75) is 13.0 Å². The average molecular weight is 424 g/mol. The average Bonchev–Trinajstić information content (AvgIpc) is 3.26. The van der Waals surface area contributed by atoms with E-state index in [4.69, 9.17) is 16.3 Å². The van der Waals surface area contributed by atoms with Gasteiger partial charge in [-0.2, -0.15) is 5.26 Å². The van der Waals surface area contributed by atoms with E-state index in [1.807, 2.05) is 30.3 Å². The molecule has 0 saturated carbocycles. The number of nitrogens with zero attached hydrogens (tertiary/aromatic N) is 4. The number of aromatic nitrogens is 2. The van der Waals surface area contributed by atoms with E-state index < -0.39 is 0 Å². The van der Waals surface area contributed by atoms with Crippen molar-refractivity contribution in [3.8, 4) is 11.8 Å². The normalized spacial score (nSPS) is 15.9. The lowest BCUT2D eigenvalue weighted by atomic mass is 10.1. The summed E-state index contributed by atoms with van der Waals surface area (Å²) in [7, 11) is 1.58. The lowest BCUT2D eigenvalue weighted by Gasteiger charge is -2.20. The van der Waals surface area contributed by atoms with Crippen molar-refractivity contribution in [2.24, 2.45) is 5.92 Å². The Morgan fingerprint density at radius 2 is 2.13 bits per heavy atom. The first-order chi connectivity index (χ1) is 14.6. The Bertz CT molecular complexity index is 1110. The van der Waals surface area contributed by atoms with Gasteiger partial charge in [0.15, 0.2) is 11.6 Å². The van der Waals surface area contributed by atoms with E-state index >= 15 is 0 Å².